The number of amides is 1. The van der Waals surface area contributed by atoms with Crippen LogP contribution in [0.3, 0.4) is 0 Å². The van der Waals surface area contributed by atoms with E-state index in [1.165, 1.54) is 0 Å². The lowest BCUT2D eigenvalue weighted by molar-refractivity contribution is -0.262. The van der Waals surface area contributed by atoms with Gasteiger partial charge in [0.15, 0.2) is 0 Å². The standard InChI is InChI=1S/C6H10F3NO3/c1-5(12,6(7,8)9)4(11)10(2)13-3/h12H,1-3H3/t5-/m1/s1. The number of hydroxylamine groups is 2. The van der Waals surface area contributed by atoms with E-state index in [-0.39, 0.29) is 0 Å². The number of hydrogen-bond donors (Lipinski definition) is 1. The molecule has 0 spiro atoms. The van der Waals surface area contributed by atoms with Gasteiger partial charge in [-0.1, -0.05) is 0 Å². The topological polar surface area (TPSA) is 49.8 Å². The van der Waals surface area contributed by atoms with Crippen LogP contribution in [-0.4, -0.2) is 42.0 Å². The van der Waals surface area contributed by atoms with Crippen LogP contribution in [0.4, 0.5) is 13.2 Å². The van der Waals surface area contributed by atoms with Gasteiger partial charge in [0.25, 0.3) is 5.91 Å². The minimum absolute atomic E-state index is 0.313. The Bertz CT molecular complexity index is 202. The fourth-order valence-electron chi connectivity index (χ4n) is 0.511. The number of alkyl halides is 3. The normalized spacial score (nSPS) is 16.5. The van der Waals surface area contributed by atoms with Crippen LogP contribution in [0.2, 0.25) is 0 Å². The molecule has 1 N–H and O–H groups in total. The second-order valence-corrected chi connectivity index (χ2v) is 2.56. The van der Waals surface area contributed by atoms with Gasteiger partial charge in [0.1, 0.15) is 0 Å². The lowest BCUT2D eigenvalue weighted by Crippen LogP contribution is -2.54. The molecule has 78 valence electrons. The van der Waals surface area contributed by atoms with E-state index >= 15 is 0 Å². The van der Waals surface area contributed by atoms with Crippen molar-refractivity contribution in [2.24, 2.45) is 0 Å². The number of carbonyl (C=O) groups excluding carboxylic acids is 1. The molecular weight excluding hydrogens is 191 g/mol. The van der Waals surface area contributed by atoms with Crippen molar-refractivity contribution in [1.29, 1.82) is 0 Å². The first-order valence-electron chi connectivity index (χ1n) is 3.26. The highest BCUT2D eigenvalue weighted by atomic mass is 19.4. The molecule has 0 aromatic carbocycles. The van der Waals surface area contributed by atoms with Gasteiger partial charge in [0, 0.05) is 7.05 Å². The Kier molecular flexibility index (Phi) is 3.28. The molecule has 0 aromatic rings. The Morgan fingerprint density at radius 1 is 1.46 bits per heavy atom. The summed E-state index contributed by atoms with van der Waals surface area (Å²) in [5, 5.41) is 9.14. The van der Waals surface area contributed by atoms with Gasteiger partial charge >= 0.3 is 6.18 Å². The van der Waals surface area contributed by atoms with Crippen molar-refractivity contribution >= 4 is 5.91 Å². The van der Waals surface area contributed by atoms with Crippen molar-refractivity contribution in [2.75, 3.05) is 14.2 Å². The second kappa shape index (κ2) is 3.51. The molecular formula is C6H10F3NO3. The van der Waals surface area contributed by atoms with Gasteiger partial charge in [0.05, 0.1) is 7.11 Å². The van der Waals surface area contributed by atoms with Crippen LogP contribution in [0.25, 0.3) is 0 Å². The third-order valence-electron chi connectivity index (χ3n) is 1.53. The van der Waals surface area contributed by atoms with Crippen LogP contribution in [0, 0.1) is 0 Å². The van der Waals surface area contributed by atoms with Crippen LogP contribution in [-0.2, 0) is 9.63 Å². The Morgan fingerprint density at radius 3 is 2.08 bits per heavy atom. The molecule has 1 atom stereocenters. The Morgan fingerprint density at radius 2 is 1.85 bits per heavy atom. The zero-order valence-electron chi connectivity index (χ0n) is 7.34. The van der Waals surface area contributed by atoms with Gasteiger partial charge in [-0.25, -0.2) is 5.06 Å². The van der Waals surface area contributed by atoms with Crippen molar-refractivity contribution < 1.29 is 27.9 Å². The lowest BCUT2D eigenvalue weighted by atomic mass is 10.1. The van der Waals surface area contributed by atoms with Crippen molar-refractivity contribution in [3.05, 3.63) is 0 Å². The van der Waals surface area contributed by atoms with Crippen molar-refractivity contribution in [2.45, 2.75) is 18.7 Å². The van der Waals surface area contributed by atoms with Gasteiger partial charge in [-0.05, 0) is 6.92 Å². The number of rotatable bonds is 2. The summed E-state index contributed by atoms with van der Waals surface area (Å²) in [5.74, 6) is -1.57. The smallest absolute Gasteiger partial charge is 0.373 e. The summed E-state index contributed by atoms with van der Waals surface area (Å²) < 4.78 is 36.1. The summed E-state index contributed by atoms with van der Waals surface area (Å²) >= 11 is 0. The monoisotopic (exact) mass is 201 g/mol. The van der Waals surface area contributed by atoms with Crippen LogP contribution < -0.4 is 0 Å². The zero-order chi connectivity index (χ0) is 10.9. The molecule has 0 aliphatic carbocycles. The highest BCUT2D eigenvalue weighted by Gasteiger charge is 2.57. The third kappa shape index (κ3) is 2.31. The Hall–Kier alpha value is -0.820. The first-order valence-corrected chi connectivity index (χ1v) is 3.26. The van der Waals surface area contributed by atoms with Crippen molar-refractivity contribution in [1.82, 2.24) is 5.06 Å². The van der Waals surface area contributed by atoms with Crippen LogP contribution in [0.15, 0.2) is 0 Å². The lowest BCUT2D eigenvalue weighted by Gasteiger charge is -2.28. The van der Waals surface area contributed by atoms with E-state index in [0.717, 1.165) is 14.2 Å². The molecule has 0 aromatic heterocycles. The van der Waals surface area contributed by atoms with E-state index in [2.05, 4.69) is 4.84 Å². The van der Waals surface area contributed by atoms with E-state index < -0.39 is 17.7 Å². The number of nitrogens with zero attached hydrogens (tertiary/aromatic N) is 1. The summed E-state index contributed by atoms with van der Waals surface area (Å²) in [6, 6.07) is 0. The minimum atomic E-state index is -5.02. The predicted octanol–water partition coefficient (Wildman–Crippen LogP) is 0.320. The van der Waals surface area contributed by atoms with Crippen LogP contribution in [0.1, 0.15) is 6.92 Å². The second-order valence-electron chi connectivity index (χ2n) is 2.56. The average Bonchev–Trinajstić information content (AvgIpc) is 1.99. The van der Waals surface area contributed by atoms with E-state index in [0.29, 0.717) is 12.0 Å². The van der Waals surface area contributed by atoms with Crippen LogP contribution in [0.5, 0.6) is 0 Å². The highest BCUT2D eigenvalue weighted by molar-refractivity contribution is 5.84. The third-order valence-corrected chi connectivity index (χ3v) is 1.53. The molecule has 0 saturated heterocycles. The summed E-state index contributed by atoms with van der Waals surface area (Å²) in [4.78, 5) is 15.1. The number of aliphatic hydroxyl groups is 1. The summed E-state index contributed by atoms with van der Waals surface area (Å²) in [6.45, 7) is 0.366. The maximum atomic E-state index is 12.0. The van der Waals surface area contributed by atoms with Gasteiger partial charge in [-0.2, -0.15) is 13.2 Å². The van der Waals surface area contributed by atoms with E-state index in [1.807, 2.05) is 0 Å². The SMILES string of the molecule is CON(C)C(=O)[C@@](C)(O)C(F)(F)F. The fourth-order valence-corrected chi connectivity index (χ4v) is 0.511. The number of hydrogen-bond acceptors (Lipinski definition) is 3. The highest BCUT2D eigenvalue weighted by Crippen LogP contribution is 2.31. The Labute approximate surface area is 72.8 Å². The molecule has 0 rings (SSSR count). The summed E-state index contributed by atoms with van der Waals surface area (Å²) in [5.41, 5.74) is -3.42. The molecule has 0 unspecified atom stereocenters. The molecule has 4 nitrogen and oxygen atoms in total. The van der Waals surface area contributed by atoms with E-state index in [1.54, 1.807) is 0 Å². The van der Waals surface area contributed by atoms with Crippen LogP contribution >= 0.6 is 0 Å². The maximum absolute atomic E-state index is 12.0. The quantitative estimate of drug-likeness (QED) is 0.654. The number of halogens is 3. The first kappa shape index (κ1) is 12.2. The molecule has 0 saturated carbocycles. The van der Waals surface area contributed by atoms with Gasteiger partial charge < -0.3 is 5.11 Å². The molecule has 0 fully saturated rings. The summed E-state index contributed by atoms with van der Waals surface area (Å²) in [7, 11) is 1.99. The molecule has 0 heterocycles. The largest absolute Gasteiger partial charge is 0.426 e. The molecule has 13 heavy (non-hydrogen) atoms. The average molecular weight is 201 g/mol. The fraction of sp³-hybridized carbons (Fsp3) is 0.833. The Balaban J connectivity index is 4.75. The molecule has 7 heteroatoms. The van der Waals surface area contributed by atoms with E-state index in [4.69, 9.17) is 5.11 Å². The summed E-state index contributed by atoms with van der Waals surface area (Å²) in [6.07, 6.45) is -5.02. The maximum Gasteiger partial charge on any atom is 0.426 e. The number of carbonyl (C=O) groups is 1. The van der Waals surface area contributed by atoms with Gasteiger partial charge in [-0.3, -0.25) is 9.63 Å². The molecule has 0 bridgehead atoms. The zero-order valence-corrected chi connectivity index (χ0v) is 7.34. The predicted molar refractivity (Wildman–Crippen MR) is 36.5 cm³/mol. The van der Waals surface area contributed by atoms with Gasteiger partial charge in [0.2, 0.25) is 5.60 Å². The van der Waals surface area contributed by atoms with E-state index in [9.17, 15) is 18.0 Å². The van der Waals surface area contributed by atoms with Crippen molar-refractivity contribution in [3.8, 4) is 0 Å². The minimum Gasteiger partial charge on any atom is -0.373 e. The molecule has 0 radical (unpaired) electrons. The molecule has 0 aliphatic rings. The first-order chi connectivity index (χ1) is 5.64. The number of likely N-dealkylation sites (N-methyl/N-ethyl adjacent to an activating group) is 1. The van der Waals surface area contributed by atoms with Crippen molar-refractivity contribution in [3.63, 3.8) is 0 Å². The van der Waals surface area contributed by atoms with Gasteiger partial charge in [-0.15, -0.1) is 0 Å². The molecule has 1 amide bonds. The molecule has 0 aliphatic heterocycles.